The molecule has 2 rings (SSSR count). The fourth-order valence-electron chi connectivity index (χ4n) is 1.58. The molecular weight excluding hydrogens is 287 g/mol. The van der Waals surface area contributed by atoms with E-state index < -0.39 is 0 Å². The summed E-state index contributed by atoms with van der Waals surface area (Å²) >= 11 is 13.6. The van der Waals surface area contributed by atoms with E-state index in [1.807, 2.05) is 12.1 Å². The first kappa shape index (κ1) is 13.7. The average molecular weight is 301 g/mol. The molecular formula is C13H14Cl2N2S. The van der Waals surface area contributed by atoms with Crippen LogP contribution in [0.3, 0.4) is 0 Å². The second-order valence-corrected chi connectivity index (χ2v) is 5.75. The summed E-state index contributed by atoms with van der Waals surface area (Å²) in [6.07, 6.45) is 0. The molecule has 5 heteroatoms. The Morgan fingerprint density at radius 2 is 1.83 bits per heavy atom. The molecule has 18 heavy (non-hydrogen) atoms. The van der Waals surface area contributed by atoms with Gasteiger partial charge >= 0.3 is 0 Å². The summed E-state index contributed by atoms with van der Waals surface area (Å²) in [6, 6.07) is 9.65. The molecule has 96 valence electrons. The predicted octanol–water partition coefficient (Wildman–Crippen LogP) is 4.26. The monoisotopic (exact) mass is 300 g/mol. The maximum atomic E-state index is 5.92. The van der Waals surface area contributed by atoms with Gasteiger partial charge in [0, 0.05) is 40.2 Å². The normalized spacial score (nSPS) is 10.6. The number of hydrogen-bond donors (Lipinski definition) is 2. The van der Waals surface area contributed by atoms with Gasteiger partial charge in [0.25, 0.3) is 0 Å². The summed E-state index contributed by atoms with van der Waals surface area (Å²) in [7, 11) is 0. The van der Waals surface area contributed by atoms with Crippen LogP contribution in [0, 0.1) is 0 Å². The van der Waals surface area contributed by atoms with Crippen molar-refractivity contribution in [1.82, 2.24) is 5.32 Å². The highest BCUT2D eigenvalue weighted by atomic mass is 35.5. The zero-order chi connectivity index (χ0) is 12.8. The van der Waals surface area contributed by atoms with Crippen molar-refractivity contribution in [3.05, 3.63) is 50.6 Å². The molecule has 1 aromatic heterocycles. The molecule has 0 aliphatic heterocycles. The fourth-order valence-corrected chi connectivity index (χ4v) is 2.78. The Kier molecular flexibility index (Phi) is 5.32. The second-order valence-electron chi connectivity index (χ2n) is 3.84. The highest BCUT2D eigenvalue weighted by Crippen LogP contribution is 2.22. The Bertz CT molecular complexity index is 465. The quantitative estimate of drug-likeness (QED) is 0.779. The molecule has 0 saturated heterocycles. The first-order valence-electron chi connectivity index (χ1n) is 5.67. The van der Waals surface area contributed by atoms with Crippen LogP contribution < -0.4 is 10.6 Å². The Labute approximate surface area is 121 Å². The highest BCUT2D eigenvalue weighted by molar-refractivity contribution is 7.09. The number of halogens is 2. The van der Waals surface area contributed by atoms with Crippen LogP contribution in [-0.2, 0) is 6.54 Å². The van der Waals surface area contributed by atoms with Crippen molar-refractivity contribution >= 4 is 40.2 Å². The SMILES string of the molecule is Clc1cc(Cl)cc(NCCNCc2cccs2)c1. The van der Waals surface area contributed by atoms with Crippen molar-refractivity contribution in [2.75, 3.05) is 18.4 Å². The molecule has 0 amide bonds. The first-order chi connectivity index (χ1) is 8.74. The zero-order valence-corrected chi connectivity index (χ0v) is 12.1. The van der Waals surface area contributed by atoms with Crippen molar-refractivity contribution < 1.29 is 0 Å². The van der Waals surface area contributed by atoms with Gasteiger partial charge in [-0.3, -0.25) is 0 Å². The summed E-state index contributed by atoms with van der Waals surface area (Å²) in [4.78, 5) is 1.35. The molecule has 0 fully saturated rings. The number of benzene rings is 1. The van der Waals surface area contributed by atoms with E-state index in [1.54, 1.807) is 17.4 Å². The van der Waals surface area contributed by atoms with E-state index in [1.165, 1.54) is 4.88 Å². The third-order valence-electron chi connectivity index (χ3n) is 2.37. The summed E-state index contributed by atoms with van der Waals surface area (Å²) in [5, 5.41) is 10.0. The zero-order valence-electron chi connectivity index (χ0n) is 9.75. The van der Waals surface area contributed by atoms with Crippen LogP contribution in [0.1, 0.15) is 4.88 Å². The molecule has 2 aromatic rings. The third-order valence-corrected chi connectivity index (χ3v) is 3.69. The molecule has 0 aliphatic rings. The maximum Gasteiger partial charge on any atom is 0.0441 e. The van der Waals surface area contributed by atoms with Gasteiger partial charge < -0.3 is 10.6 Å². The van der Waals surface area contributed by atoms with Crippen LogP contribution in [0.15, 0.2) is 35.7 Å². The van der Waals surface area contributed by atoms with Crippen LogP contribution in [0.25, 0.3) is 0 Å². The highest BCUT2D eigenvalue weighted by Gasteiger charge is 1.97. The standard InChI is InChI=1S/C13H14Cl2N2S/c14-10-6-11(15)8-12(7-10)17-4-3-16-9-13-2-1-5-18-13/h1-2,5-8,16-17H,3-4,9H2. The van der Waals surface area contributed by atoms with Crippen LogP contribution in [0.2, 0.25) is 10.0 Å². The molecule has 0 unspecified atom stereocenters. The molecule has 0 radical (unpaired) electrons. The summed E-state index contributed by atoms with van der Waals surface area (Å²) < 4.78 is 0. The minimum atomic E-state index is 0.650. The average Bonchev–Trinajstić information content (AvgIpc) is 2.80. The maximum absolute atomic E-state index is 5.92. The van der Waals surface area contributed by atoms with Crippen molar-refractivity contribution in [1.29, 1.82) is 0 Å². The van der Waals surface area contributed by atoms with Crippen molar-refractivity contribution in [3.63, 3.8) is 0 Å². The Hall–Kier alpha value is -0.740. The Morgan fingerprint density at radius 3 is 2.50 bits per heavy atom. The molecule has 1 heterocycles. The summed E-state index contributed by atoms with van der Waals surface area (Å²) in [6.45, 7) is 2.64. The summed E-state index contributed by atoms with van der Waals surface area (Å²) in [5.41, 5.74) is 0.949. The van der Waals surface area contributed by atoms with Crippen molar-refractivity contribution in [3.8, 4) is 0 Å². The van der Waals surface area contributed by atoms with Crippen LogP contribution in [0.5, 0.6) is 0 Å². The Morgan fingerprint density at radius 1 is 1.06 bits per heavy atom. The van der Waals surface area contributed by atoms with E-state index in [-0.39, 0.29) is 0 Å². The molecule has 1 aromatic carbocycles. The van der Waals surface area contributed by atoms with Gasteiger partial charge in [0.1, 0.15) is 0 Å². The van der Waals surface area contributed by atoms with Crippen LogP contribution >= 0.6 is 34.5 Å². The van der Waals surface area contributed by atoms with Gasteiger partial charge in [-0.05, 0) is 29.6 Å². The van der Waals surface area contributed by atoms with E-state index in [0.29, 0.717) is 10.0 Å². The topological polar surface area (TPSA) is 24.1 Å². The third kappa shape index (κ3) is 4.50. The molecule has 0 aliphatic carbocycles. The van der Waals surface area contributed by atoms with E-state index in [0.717, 1.165) is 25.3 Å². The molecule has 0 bridgehead atoms. The first-order valence-corrected chi connectivity index (χ1v) is 7.30. The number of anilines is 1. The second kappa shape index (κ2) is 7.00. The number of hydrogen-bond acceptors (Lipinski definition) is 3. The number of thiophene rings is 1. The molecule has 0 atom stereocenters. The number of rotatable bonds is 6. The van der Waals surface area contributed by atoms with Gasteiger partial charge in [-0.1, -0.05) is 29.3 Å². The minimum absolute atomic E-state index is 0.650. The minimum Gasteiger partial charge on any atom is -0.384 e. The lowest BCUT2D eigenvalue weighted by molar-refractivity contribution is 0.714. The van der Waals surface area contributed by atoms with Gasteiger partial charge in [-0.25, -0.2) is 0 Å². The molecule has 0 spiro atoms. The largest absolute Gasteiger partial charge is 0.384 e. The van der Waals surface area contributed by atoms with E-state index >= 15 is 0 Å². The van der Waals surface area contributed by atoms with Crippen molar-refractivity contribution in [2.45, 2.75) is 6.54 Å². The number of nitrogens with one attached hydrogen (secondary N) is 2. The van der Waals surface area contributed by atoms with E-state index in [2.05, 4.69) is 28.1 Å². The van der Waals surface area contributed by atoms with E-state index in [4.69, 9.17) is 23.2 Å². The van der Waals surface area contributed by atoms with Gasteiger partial charge in [0.05, 0.1) is 0 Å². The van der Waals surface area contributed by atoms with Gasteiger partial charge in [0.2, 0.25) is 0 Å². The van der Waals surface area contributed by atoms with Crippen LogP contribution in [0.4, 0.5) is 5.69 Å². The van der Waals surface area contributed by atoms with E-state index in [9.17, 15) is 0 Å². The molecule has 0 saturated carbocycles. The lowest BCUT2D eigenvalue weighted by Crippen LogP contribution is -2.21. The lowest BCUT2D eigenvalue weighted by atomic mass is 10.3. The molecule has 2 nitrogen and oxygen atoms in total. The summed E-state index contributed by atoms with van der Waals surface area (Å²) in [5.74, 6) is 0. The van der Waals surface area contributed by atoms with Gasteiger partial charge in [-0.15, -0.1) is 11.3 Å². The van der Waals surface area contributed by atoms with Gasteiger partial charge in [-0.2, -0.15) is 0 Å². The van der Waals surface area contributed by atoms with Crippen molar-refractivity contribution in [2.24, 2.45) is 0 Å². The van der Waals surface area contributed by atoms with Gasteiger partial charge in [0.15, 0.2) is 0 Å². The predicted molar refractivity (Wildman–Crippen MR) is 81.0 cm³/mol. The smallest absolute Gasteiger partial charge is 0.0441 e. The van der Waals surface area contributed by atoms with Crippen LogP contribution in [-0.4, -0.2) is 13.1 Å². The molecule has 2 N–H and O–H groups in total. The fraction of sp³-hybridized carbons (Fsp3) is 0.231. The lowest BCUT2D eigenvalue weighted by Gasteiger charge is -2.08. The Balaban J connectivity index is 1.68.